The van der Waals surface area contributed by atoms with Gasteiger partial charge in [0.25, 0.3) is 12.3 Å². The van der Waals surface area contributed by atoms with Crippen LogP contribution in [0, 0.1) is 11.6 Å². The van der Waals surface area contributed by atoms with Crippen molar-refractivity contribution >= 4 is 11.6 Å². The molecule has 0 spiro atoms. The average molecular weight is 393 g/mol. The summed E-state index contributed by atoms with van der Waals surface area (Å²) in [5, 5.41) is 5.99. The van der Waals surface area contributed by atoms with E-state index in [-0.39, 0.29) is 23.6 Å². The smallest absolute Gasteiger partial charge is 0.280 e. The first-order valence-electron chi connectivity index (χ1n) is 8.13. The van der Waals surface area contributed by atoms with Crippen LogP contribution < -0.4 is 10.1 Å². The number of anilines is 1. The molecular weight excluding hydrogens is 378 g/mol. The summed E-state index contributed by atoms with van der Waals surface area (Å²) in [7, 11) is 1.29. The lowest BCUT2D eigenvalue weighted by Gasteiger charge is -2.10. The zero-order valence-corrected chi connectivity index (χ0v) is 14.6. The third kappa shape index (κ3) is 4.30. The summed E-state index contributed by atoms with van der Waals surface area (Å²) in [5.41, 5.74) is -0.255. The zero-order valence-electron chi connectivity index (χ0n) is 14.6. The van der Waals surface area contributed by atoms with Crippen molar-refractivity contribution in [3.63, 3.8) is 0 Å². The Bertz CT molecular complexity index is 1000. The first kappa shape index (κ1) is 19.4. The molecule has 9 heteroatoms. The Balaban J connectivity index is 1.69. The number of carbonyl (C=O) groups excluding carboxylic acids is 1. The average Bonchev–Trinajstić information content (AvgIpc) is 3.03. The van der Waals surface area contributed by atoms with E-state index in [0.29, 0.717) is 5.56 Å². The molecule has 0 fully saturated rings. The molecule has 1 aromatic heterocycles. The van der Waals surface area contributed by atoms with Crippen LogP contribution in [0.2, 0.25) is 0 Å². The second kappa shape index (κ2) is 8.12. The predicted molar refractivity (Wildman–Crippen MR) is 93.3 cm³/mol. The van der Waals surface area contributed by atoms with Crippen LogP contribution in [0.4, 0.5) is 23.2 Å². The van der Waals surface area contributed by atoms with E-state index in [0.717, 1.165) is 16.9 Å². The summed E-state index contributed by atoms with van der Waals surface area (Å²) in [4.78, 5) is 12.2. The maximum atomic E-state index is 14.2. The molecular formula is C19H15F4N3O2. The molecule has 0 aliphatic rings. The van der Waals surface area contributed by atoms with Crippen LogP contribution in [0.15, 0.2) is 48.7 Å². The second-order valence-corrected chi connectivity index (χ2v) is 5.89. The maximum Gasteiger partial charge on any atom is 0.280 e. The lowest BCUT2D eigenvalue weighted by Crippen LogP contribution is -2.14. The van der Waals surface area contributed by atoms with E-state index < -0.39 is 29.7 Å². The third-order valence-electron chi connectivity index (χ3n) is 3.91. The largest absolute Gasteiger partial charge is 0.486 e. The fourth-order valence-corrected chi connectivity index (χ4v) is 2.56. The molecule has 0 unspecified atom stereocenters. The van der Waals surface area contributed by atoms with Crippen molar-refractivity contribution in [3.05, 3.63) is 77.1 Å². The van der Waals surface area contributed by atoms with E-state index in [9.17, 15) is 22.4 Å². The number of hydrogen-bond acceptors (Lipinski definition) is 3. The Hall–Kier alpha value is -3.36. The highest BCUT2D eigenvalue weighted by molar-refractivity contribution is 6.05. The molecule has 0 atom stereocenters. The molecule has 0 aliphatic heterocycles. The Kier molecular flexibility index (Phi) is 5.62. The number of aromatic nitrogens is 2. The van der Waals surface area contributed by atoms with Gasteiger partial charge in [-0.25, -0.2) is 17.6 Å². The van der Waals surface area contributed by atoms with Crippen LogP contribution >= 0.6 is 0 Å². The standard InChI is InChI=1S/C19H15F4N3O2/c1-26-17(18(22)23)14(9-24-26)19(27)25-13-5-6-16(15(21)8-13)28-10-11-3-2-4-12(20)7-11/h2-9,18H,10H2,1H3,(H,25,27). The van der Waals surface area contributed by atoms with Gasteiger partial charge in [-0.1, -0.05) is 12.1 Å². The molecule has 146 valence electrons. The third-order valence-corrected chi connectivity index (χ3v) is 3.91. The van der Waals surface area contributed by atoms with Gasteiger partial charge in [0.2, 0.25) is 0 Å². The first-order chi connectivity index (χ1) is 13.3. The number of nitrogens with zero attached hydrogens (tertiary/aromatic N) is 2. The minimum absolute atomic E-state index is 0.0478. The van der Waals surface area contributed by atoms with Crippen molar-refractivity contribution in [1.82, 2.24) is 9.78 Å². The van der Waals surface area contributed by atoms with Crippen molar-refractivity contribution in [3.8, 4) is 5.75 Å². The molecule has 2 aromatic carbocycles. The van der Waals surface area contributed by atoms with Gasteiger partial charge in [0.15, 0.2) is 11.6 Å². The first-order valence-corrected chi connectivity index (χ1v) is 8.13. The van der Waals surface area contributed by atoms with E-state index in [1.54, 1.807) is 6.07 Å². The van der Waals surface area contributed by atoms with Crippen LogP contribution in [0.3, 0.4) is 0 Å². The number of nitrogens with one attached hydrogen (secondary N) is 1. The number of alkyl halides is 2. The molecule has 28 heavy (non-hydrogen) atoms. The molecule has 0 bridgehead atoms. The Labute approximate surface area is 157 Å². The van der Waals surface area contributed by atoms with Gasteiger partial charge >= 0.3 is 0 Å². The number of halogens is 4. The van der Waals surface area contributed by atoms with Gasteiger partial charge in [0, 0.05) is 18.8 Å². The van der Waals surface area contributed by atoms with E-state index >= 15 is 0 Å². The number of amides is 1. The minimum atomic E-state index is -2.89. The number of benzene rings is 2. The highest BCUT2D eigenvalue weighted by atomic mass is 19.3. The summed E-state index contributed by atoms with van der Waals surface area (Å²) in [6, 6.07) is 9.32. The van der Waals surface area contributed by atoms with Crippen molar-refractivity contribution in [1.29, 1.82) is 0 Å². The van der Waals surface area contributed by atoms with Crippen LogP contribution in [-0.4, -0.2) is 15.7 Å². The van der Waals surface area contributed by atoms with Crippen LogP contribution in [0.1, 0.15) is 28.0 Å². The van der Waals surface area contributed by atoms with E-state index in [2.05, 4.69) is 10.4 Å². The van der Waals surface area contributed by atoms with E-state index in [1.165, 1.54) is 37.4 Å². The summed E-state index contributed by atoms with van der Waals surface area (Å²) in [6.45, 7) is -0.0478. The lowest BCUT2D eigenvalue weighted by molar-refractivity contribution is 0.100. The van der Waals surface area contributed by atoms with Crippen LogP contribution in [0.25, 0.3) is 0 Å². The molecule has 3 rings (SSSR count). The number of rotatable bonds is 6. The Morgan fingerprint density at radius 3 is 2.68 bits per heavy atom. The summed E-state index contributed by atoms with van der Waals surface area (Å²) >= 11 is 0. The monoisotopic (exact) mass is 393 g/mol. The molecule has 0 saturated carbocycles. The Morgan fingerprint density at radius 1 is 1.21 bits per heavy atom. The molecule has 1 heterocycles. The highest BCUT2D eigenvalue weighted by Crippen LogP contribution is 2.25. The van der Waals surface area contributed by atoms with Gasteiger partial charge in [-0.2, -0.15) is 5.10 Å². The quantitative estimate of drug-likeness (QED) is 0.629. The normalized spacial score (nSPS) is 10.9. The predicted octanol–water partition coefficient (Wildman–Crippen LogP) is 4.47. The molecule has 0 aliphatic carbocycles. The second-order valence-electron chi connectivity index (χ2n) is 5.89. The fourth-order valence-electron chi connectivity index (χ4n) is 2.56. The number of aryl methyl sites for hydroxylation is 1. The molecule has 3 aromatic rings. The number of carbonyl (C=O) groups is 1. The lowest BCUT2D eigenvalue weighted by atomic mass is 10.2. The highest BCUT2D eigenvalue weighted by Gasteiger charge is 2.23. The SMILES string of the molecule is Cn1ncc(C(=O)Nc2ccc(OCc3cccc(F)c3)c(F)c2)c1C(F)F. The Morgan fingerprint density at radius 2 is 2.00 bits per heavy atom. The number of ether oxygens (including phenoxy) is 1. The van der Waals surface area contributed by atoms with Crippen molar-refractivity contribution in [2.24, 2.45) is 7.05 Å². The maximum absolute atomic E-state index is 14.2. The molecule has 1 amide bonds. The van der Waals surface area contributed by atoms with Gasteiger partial charge < -0.3 is 10.1 Å². The van der Waals surface area contributed by atoms with Gasteiger partial charge in [-0.15, -0.1) is 0 Å². The van der Waals surface area contributed by atoms with Gasteiger partial charge in [0.05, 0.1) is 11.8 Å². The number of hydrogen-bond donors (Lipinski definition) is 1. The van der Waals surface area contributed by atoms with Crippen molar-refractivity contribution < 1.29 is 27.1 Å². The topological polar surface area (TPSA) is 56.2 Å². The van der Waals surface area contributed by atoms with Crippen molar-refractivity contribution in [2.45, 2.75) is 13.0 Å². The minimum Gasteiger partial charge on any atom is -0.486 e. The van der Waals surface area contributed by atoms with Crippen molar-refractivity contribution in [2.75, 3.05) is 5.32 Å². The summed E-state index contributed by atoms with van der Waals surface area (Å²) < 4.78 is 59.7. The molecule has 0 saturated heterocycles. The van der Waals surface area contributed by atoms with Crippen LogP contribution in [0.5, 0.6) is 5.75 Å². The molecule has 1 N–H and O–H groups in total. The van der Waals surface area contributed by atoms with E-state index in [1.807, 2.05) is 0 Å². The molecule has 5 nitrogen and oxygen atoms in total. The van der Waals surface area contributed by atoms with Gasteiger partial charge in [-0.3, -0.25) is 9.48 Å². The van der Waals surface area contributed by atoms with Crippen LogP contribution in [-0.2, 0) is 13.7 Å². The van der Waals surface area contributed by atoms with Gasteiger partial charge in [-0.05, 0) is 29.8 Å². The van der Waals surface area contributed by atoms with Gasteiger partial charge in [0.1, 0.15) is 18.1 Å². The molecule has 0 radical (unpaired) electrons. The van der Waals surface area contributed by atoms with E-state index in [4.69, 9.17) is 4.74 Å². The fraction of sp³-hybridized carbons (Fsp3) is 0.158. The zero-order chi connectivity index (χ0) is 20.3. The summed E-state index contributed by atoms with van der Waals surface area (Å²) in [6.07, 6.45) is -1.87. The summed E-state index contributed by atoms with van der Waals surface area (Å²) in [5.74, 6) is -2.14.